The highest BCUT2D eigenvalue weighted by Gasteiger charge is 2.30. The summed E-state index contributed by atoms with van der Waals surface area (Å²) in [7, 11) is 0. The standard InChI is InChI=1S/C17H19N3O3/c1-2-13-16-18-6-9-19(16)7-3-8-20(13)17(21)12-4-5-14-15(10-12)23-11-22-14/h4-6,9-10,13H,2-3,7-8,11H2,1H3. The number of aryl methyl sites for hydroxylation is 1. The Morgan fingerprint density at radius 1 is 1.30 bits per heavy atom. The van der Waals surface area contributed by atoms with Gasteiger partial charge in [-0.1, -0.05) is 6.92 Å². The first-order valence-corrected chi connectivity index (χ1v) is 7.99. The molecule has 6 nitrogen and oxygen atoms in total. The molecule has 0 aliphatic carbocycles. The van der Waals surface area contributed by atoms with Gasteiger partial charge >= 0.3 is 0 Å². The smallest absolute Gasteiger partial charge is 0.254 e. The Bertz CT molecular complexity index is 740. The SMILES string of the molecule is CCC1c2nccn2CCCN1C(=O)c1ccc2c(c1)OCO2. The lowest BCUT2D eigenvalue weighted by molar-refractivity contribution is 0.0670. The number of hydrogen-bond acceptors (Lipinski definition) is 4. The normalized spacial score (nSPS) is 19.3. The lowest BCUT2D eigenvalue weighted by atomic mass is 10.1. The largest absolute Gasteiger partial charge is 0.454 e. The molecule has 0 spiro atoms. The van der Waals surface area contributed by atoms with Crippen LogP contribution in [0.2, 0.25) is 0 Å². The van der Waals surface area contributed by atoms with Crippen LogP contribution >= 0.6 is 0 Å². The molecule has 0 fully saturated rings. The second-order valence-electron chi connectivity index (χ2n) is 5.82. The summed E-state index contributed by atoms with van der Waals surface area (Å²) in [5.74, 6) is 2.32. The zero-order valence-electron chi connectivity index (χ0n) is 13.1. The van der Waals surface area contributed by atoms with E-state index in [0.717, 1.165) is 31.8 Å². The molecule has 0 bridgehead atoms. The number of carbonyl (C=O) groups excluding carboxylic acids is 1. The first kappa shape index (κ1) is 14.1. The summed E-state index contributed by atoms with van der Waals surface area (Å²) in [6.45, 7) is 3.94. The molecule has 1 atom stereocenters. The maximum atomic E-state index is 13.0. The third-order valence-electron chi connectivity index (χ3n) is 4.49. The Labute approximate surface area is 134 Å². The van der Waals surface area contributed by atoms with Crippen molar-refractivity contribution >= 4 is 5.91 Å². The monoisotopic (exact) mass is 313 g/mol. The molecule has 4 rings (SSSR count). The van der Waals surface area contributed by atoms with E-state index in [2.05, 4.69) is 16.5 Å². The summed E-state index contributed by atoms with van der Waals surface area (Å²) in [4.78, 5) is 19.5. The Hall–Kier alpha value is -2.50. The molecule has 23 heavy (non-hydrogen) atoms. The van der Waals surface area contributed by atoms with Crippen LogP contribution in [-0.2, 0) is 6.54 Å². The molecule has 0 saturated carbocycles. The van der Waals surface area contributed by atoms with Gasteiger partial charge in [-0.3, -0.25) is 4.79 Å². The summed E-state index contributed by atoms with van der Waals surface area (Å²) >= 11 is 0. The minimum atomic E-state index is 0.00502. The van der Waals surface area contributed by atoms with Gasteiger partial charge in [0.15, 0.2) is 11.5 Å². The lowest BCUT2D eigenvalue weighted by Gasteiger charge is -2.28. The third kappa shape index (κ3) is 2.34. The molecule has 1 unspecified atom stereocenters. The molecule has 1 amide bonds. The van der Waals surface area contributed by atoms with E-state index in [9.17, 15) is 4.79 Å². The number of benzene rings is 1. The van der Waals surface area contributed by atoms with Gasteiger partial charge in [-0.15, -0.1) is 0 Å². The molecule has 2 aliphatic heterocycles. The van der Waals surface area contributed by atoms with Gasteiger partial charge in [-0.25, -0.2) is 4.98 Å². The summed E-state index contributed by atoms with van der Waals surface area (Å²) in [6, 6.07) is 5.38. The Kier molecular flexibility index (Phi) is 3.44. The number of rotatable bonds is 2. The Balaban J connectivity index is 1.67. The topological polar surface area (TPSA) is 56.6 Å². The van der Waals surface area contributed by atoms with Crippen LogP contribution in [0.3, 0.4) is 0 Å². The van der Waals surface area contributed by atoms with Crippen molar-refractivity contribution in [1.29, 1.82) is 0 Å². The quantitative estimate of drug-likeness (QED) is 0.855. The lowest BCUT2D eigenvalue weighted by Crippen LogP contribution is -2.35. The maximum absolute atomic E-state index is 13.0. The molecule has 1 aromatic heterocycles. The first-order valence-electron chi connectivity index (χ1n) is 7.99. The van der Waals surface area contributed by atoms with Crippen molar-refractivity contribution in [3.63, 3.8) is 0 Å². The van der Waals surface area contributed by atoms with Crippen LogP contribution in [-0.4, -0.2) is 33.7 Å². The number of ether oxygens (including phenoxy) is 2. The van der Waals surface area contributed by atoms with E-state index in [4.69, 9.17) is 9.47 Å². The number of carbonyl (C=O) groups is 1. The van der Waals surface area contributed by atoms with Crippen molar-refractivity contribution in [2.75, 3.05) is 13.3 Å². The molecule has 2 aliphatic rings. The molecular weight excluding hydrogens is 294 g/mol. The van der Waals surface area contributed by atoms with Crippen LogP contribution in [0, 0.1) is 0 Å². The number of fused-ring (bicyclic) bond motifs is 2. The van der Waals surface area contributed by atoms with Gasteiger partial charge in [0.25, 0.3) is 5.91 Å². The van der Waals surface area contributed by atoms with Gasteiger partial charge in [0.05, 0.1) is 6.04 Å². The fraction of sp³-hybridized carbons (Fsp3) is 0.412. The van der Waals surface area contributed by atoms with Gasteiger partial charge in [-0.2, -0.15) is 0 Å². The highest BCUT2D eigenvalue weighted by Crippen LogP contribution is 2.34. The van der Waals surface area contributed by atoms with E-state index >= 15 is 0 Å². The molecular formula is C17H19N3O3. The van der Waals surface area contributed by atoms with Crippen LogP contribution in [0.25, 0.3) is 0 Å². The highest BCUT2D eigenvalue weighted by molar-refractivity contribution is 5.95. The van der Waals surface area contributed by atoms with E-state index in [0.29, 0.717) is 17.1 Å². The summed E-state index contributed by atoms with van der Waals surface area (Å²) < 4.78 is 12.9. The molecule has 0 saturated heterocycles. The van der Waals surface area contributed by atoms with E-state index in [1.54, 1.807) is 18.2 Å². The van der Waals surface area contributed by atoms with Gasteiger partial charge in [0.2, 0.25) is 6.79 Å². The average molecular weight is 313 g/mol. The number of imidazole rings is 1. The highest BCUT2D eigenvalue weighted by atomic mass is 16.7. The Morgan fingerprint density at radius 3 is 3.04 bits per heavy atom. The van der Waals surface area contributed by atoms with E-state index in [-0.39, 0.29) is 18.7 Å². The molecule has 1 aromatic carbocycles. The van der Waals surface area contributed by atoms with Crippen LogP contribution in [0.1, 0.15) is 42.0 Å². The van der Waals surface area contributed by atoms with Gasteiger partial charge < -0.3 is 18.9 Å². The van der Waals surface area contributed by atoms with Gasteiger partial charge in [0.1, 0.15) is 5.82 Å². The first-order chi connectivity index (χ1) is 11.3. The van der Waals surface area contributed by atoms with Crippen molar-refractivity contribution in [1.82, 2.24) is 14.5 Å². The second kappa shape index (κ2) is 5.61. The zero-order chi connectivity index (χ0) is 15.8. The van der Waals surface area contributed by atoms with E-state index in [1.165, 1.54) is 0 Å². The third-order valence-corrected chi connectivity index (χ3v) is 4.49. The Morgan fingerprint density at radius 2 is 2.17 bits per heavy atom. The van der Waals surface area contributed by atoms with Gasteiger partial charge in [0, 0.05) is 31.0 Å². The maximum Gasteiger partial charge on any atom is 0.254 e. The fourth-order valence-electron chi connectivity index (χ4n) is 3.36. The number of hydrogen-bond donors (Lipinski definition) is 0. The van der Waals surface area contributed by atoms with Crippen molar-refractivity contribution in [3.05, 3.63) is 42.0 Å². The van der Waals surface area contributed by atoms with Crippen molar-refractivity contribution < 1.29 is 14.3 Å². The number of aromatic nitrogens is 2. The predicted octanol–water partition coefficient (Wildman–Crippen LogP) is 2.61. The summed E-state index contributed by atoms with van der Waals surface area (Å²) in [5.41, 5.74) is 0.632. The number of nitrogens with zero attached hydrogens (tertiary/aromatic N) is 3. The second-order valence-corrected chi connectivity index (χ2v) is 5.82. The molecule has 0 N–H and O–H groups in total. The minimum absolute atomic E-state index is 0.00502. The number of amides is 1. The minimum Gasteiger partial charge on any atom is -0.454 e. The van der Waals surface area contributed by atoms with Crippen LogP contribution < -0.4 is 9.47 Å². The molecule has 3 heterocycles. The van der Waals surface area contributed by atoms with E-state index < -0.39 is 0 Å². The van der Waals surface area contributed by atoms with Crippen LogP contribution in [0.15, 0.2) is 30.6 Å². The molecule has 2 aromatic rings. The van der Waals surface area contributed by atoms with Crippen molar-refractivity contribution in [2.24, 2.45) is 0 Å². The molecule has 120 valence electrons. The van der Waals surface area contributed by atoms with E-state index in [1.807, 2.05) is 17.3 Å². The molecule has 0 radical (unpaired) electrons. The molecule has 6 heteroatoms. The van der Waals surface area contributed by atoms with Crippen LogP contribution in [0.4, 0.5) is 0 Å². The summed E-state index contributed by atoms with van der Waals surface area (Å²) in [5, 5.41) is 0. The van der Waals surface area contributed by atoms with Crippen LogP contribution in [0.5, 0.6) is 11.5 Å². The predicted molar refractivity (Wildman–Crippen MR) is 83.5 cm³/mol. The van der Waals surface area contributed by atoms with Crippen molar-refractivity contribution in [2.45, 2.75) is 32.4 Å². The fourth-order valence-corrected chi connectivity index (χ4v) is 3.36. The average Bonchev–Trinajstić information content (AvgIpc) is 3.19. The summed E-state index contributed by atoms with van der Waals surface area (Å²) in [6.07, 6.45) is 5.57. The van der Waals surface area contributed by atoms with Crippen molar-refractivity contribution in [3.8, 4) is 11.5 Å². The van der Waals surface area contributed by atoms with Gasteiger partial charge in [-0.05, 0) is 31.0 Å². The zero-order valence-corrected chi connectivity index (χ0v) is 13.1.